The molecule has 5 nitrogen and oxygen atoms in total. The second-order valence-corrected chi connectivity index (χ2v) is 15.6. The van der Waals surface area contributed by atoms with E-state index in [1.54, 1.807) is 6.08 Å². The minimum Gasteiger partial charge on any atom is -0.394 e. The number of amides is 1. The summed E-state index contributed by atoms with van der Waals surface area (Å²) in [5, 5.41) is 33.2. The summed E-state index contributed by atoms with van der Waals surface area (Å²) < 4.78 is 0. The summed E-state index contributed by atoms with van der Waals surface area (Å²) in [4.78, 5) is 12.4. The number of nitrogens with one attached hydrogen (secondary N) is 1. The monoisotopic (exact) mass is 732 g/mol. The Kier molecular flexibility index (Phi) is 41.1. The molecule has 3 unspecified atom stereocenters. The average Bonchev–Trinajstić information content (AvgIpc) is 3.14. The fourth-order valence-corrected chi connectivity index (χ4v) is 6.88. The van der Waals surface area contributed by atoms with Crippen LogP contribution >= 0.6 is 0 Å². The molecule has 0 rings (SSSR count). The van der Waals surface area contributed by atoms with Crippen LogP contribution in [0.4, 0.5) is 0 Å². The molecule has 0 aromatic carbocycles. The van der Waals surface area contributed by atoms with E-state index in [9.17, 15) is 20.1 Å². The molecule has 306 valence electrons. The Balaban J connectivity index is 3.68. The first-order chi connectivity index (χ1) is 25.5. The lowest BCUT2D eigenvalue weighted by atomic mass is 10.0. The van der Waals surface area contributed by atoms with Crippen LogP contribution in [0.3, 0.4) is 0 Å². The number of aliphatic hydroxyl groups is 3. The van der Waals surface area contributed by atoms with E-state index in [0.717, 1.165) is 32.1 Å². The van der Waals surface area contributed by atoms with Crippen molar-refractivity contribution in [1.29, 1.82) is 0 Å². The maximum atomic E-state index is 12.4. The number of hydrogen-bond acceptors (Lipinski definition) is 4. The maximum absolute atomic E-state index is 12.4. The van der Waals surface area contributed by atoms with Crippen molar-refractivity contribution >= 4 is 5.91 Å². The highest BCUT2D eigenvalue weighted by atomic mass is 16.3. The Hall–Kier alpha value is -1.43. The molecule has 0 saturated heterocycles. The third kappa shape index (κ3) is 38.3. The van der Waals surface area contributed by atoms with Crippen LogP contribution in [0.5, 0.6) is 0 Å². The molecule has 0 heterocycles. The Morgan fingerprint density at radius 3 is 1.23 bits per heavy atom. The van der Waals surface area contributed by atoms with Gasteiger partial charge in [-0.2, -0.15) is 0 Å². The molecular weight excluding hydrogens is 643 g/mol. The second-order valence-electron chi connectivity index (χ2n) is 15.6. The third-order valence-electron chi connectivity index (χ3n) is 10.4. The van der Waals surface area contributed by atoms with Gasteiger partial charge in [-0.05, 0) is 57.8 Å². The molecule has 52 heavy (non-hydrogen) atoms. The number of unbranched alkanes of at least 4 members (excludes halogenated alkanes) is 28. The van der Waals surface area contributed by atoms with Gasteiger partial charge in [-0.25, -0.2) is 0 Å². The molecular formula is C47H89NO4. The molecule has 0 aliphatic heterocycles. The molecule has 0 fully saturated rings. The summed E-state index contributed by atoms with van der Waals surface area (Å²) in [5.74, 6) is -0.328. The van der Waals surface area contributed by atoms with Crippen molar-refractivity contribution in [2.45, 2.75) is 250 Å². The van der Waals surface area contributed by atoms with E-state index < -0.39 is 18.2 Å². The third-order valence-corrected chi connectivity index (χ3v) is 10.4. The minimum absolute atomic E-state index is 0.00226. The molecule has 3 atom stereocenters. The van der Waals surface area contributed by atoms with Gasteiger partial charge in [-0.1, -0.05) is 204 Å². The van der Waals surface area contributed by atoms with Crippen LogP contribution in [0.1, 0.15) is 232 Å². The van der Waals surface area contributed by atoms with E-state index in [4.69, 9.17) is 0 Å². The van der Waals surface area contributed by atoms with E-state index >= 15 is 0 Å². The highest BCUT2D eigenvalue weighted by Crippen LogP contribution is 2.15. The van der Waals surface area contributed by atoms with Gasteiger partial charge in [0.25, 0.3) is 0 Å². The first-order valence-electron chi connectivity index (χ1n) is 22.8. The maximum Gasteiger partial charge on any atom is 0.222 e. The van der Waals surface area contributed by atoms with Gasteiger partial charge < -0.3 is 20.6 Å². The first-order valence-corrected chi connectivity index (χ1v) is 22.8. The summed E-state index contributed by atoms with van der Waals surface area (Å²) in [7, 11) is 0. The van der Waals surface area contributed by atoms with Gasteiger partial charge in [0, 0.05) is 0 Å². The van der Waals surface area contributed by atoms with E-state index in [1.165, 1.54) is 173 Å². The van der Waals surface area contributed by atoms with Crippen LogP contribution in [-0.2, 0) is 4.79 Å². The van der Waals surface area contributed by atoms with Crippen LogP contribution < -0.4 is 5.32 Å². The second kappa shape index (κ2) is 42.3. The normalized spacial score (nSPS) is 13.9. The van der Waals surface area contributed by atoms with Gasteiger partial charge in [-0.15, -0.1) is 0 Å². The number of carbonyl (C=O) groups excluding carboxylic acids is 1. The average molecular weight is 732 g/mol. The predicted molar refractivity (Wildman–Crippen MR) is 227 cm³/mol. The Bertz CT molecular complexity index is 809. The molecule has 0 aliphatic rings. The van der Waals surface area contributed by atoms with E-state index in [-0.39, 0.29) is 18.9 Å². The van der Waals surface area contributed by atoms with Crippen LogP contribution in [0.2, 0.25) is 0 Å². The van der Waals surface area contributed by atoms with Gasteiger partial charge in [0.05, 0.1) is 31.3 Å². The van der Waals surface area contributed by atoms with Crippen molar-refractivity contribution in [2.75, 3.05) is 6.61 Å². The van der Waals surface area contributed by atoms with Gasteiger partial charge in [-0.3, -0.25) is 4.79 Å². The van der Waals surface area contributed by atoms with E-state index in [2.05, 4.69) is 43.5 Å². The minimum atomic E-state index is -0.952. The van der Waals surface area contributed by atoms with Crippen molar-refractivity contribution < 1.29 is 20.1 Å². The molecule has 0 aliphatic carbocycles. The fraction of sp³-hybridized carbons (Fsp3) is 0.851. The summed E-state index contributed by atoms with van der Waals surface area (Å²) in [6, 6.07) is -0.762. The number of rotatable bonds is 41. The van der Waals surface area contributed by atoms with Crippen molar-refractivity contribution in [3.63, 3.8) is 0 Å². The van der Waals surface area contributed by atoms with Crippen LogP contribution in [0.15, 0.2) is 36.5 Å². The zero-order valence-electron chi connectivity index (χ0n) is 34.7. The van der Waals surface area contributed by atoms with Gasteiger partial charge >= 0.3 is 0 Å². The lowest BCUT2D eigenvalue weighted by Gasteiger charge is -2.21. The Labute approximate surface area is 324 Å². The predicted octanol–water partition coefficient (Wildman–Crippen LogP) is 13.2. The topological polar surface area (TPSA) is 89.8 Å². The number of allylic oxidation sites excluding steroid dienone is 5. The zero-order valence-corrected chi connectivity index (χ0v) is 34.7. The molecule has 0 aromatic heterocycles. The molecule has 5 heteroatoms. The fourth-order valence-electron chi connectivity index (χ4n) is 6.88. The zero-order chi connectivity index (χ0) is 38.0. The van der Waals surface area contributed by atoms with Crippen molar-refractivity contribution in [3.8, 4) is 0 Å². The van der Waals surface area contributed by atoms with Crippen molar-refractivity contribution in [2.24, 2.45) is 0 Å². The smallest absolute Gasteiger partial charge is 0.222 e. The Morgan fingerprint density at radius 1 is 0.481 bits per heavy atom. The van der Waals surface area contributed by atoms with Crippen LogP contribution in [0.25, 0.3) is 0 Å². The molecule has 0 aromatic rings. The van der Waals surface area contributed by atoms with E-state index in [1.807, 2.05) is 6.08 Å². The quantitative estimate of drug-likeness (QED) is 0.0372. The summed E-state index contributed by atoms with van der Waals surface area (Å²) in [6.45, 7) is 4.20. The highest BCUT2D eigenvalue weighted by Gasteiger charge is 2.20. The molecule has 0 bridgehead atoms. The van der Waals surface area contributed by atoms with Crippen molar-refractivity contribution in [3.05, 3.63) is 36.5 Å². The molecule has 1 amide bonds. The Morgan fingerprint density at radius 2 is 0.827 bits per heavy atom. The SMILES string of the molecule is CCCCCCCCCCC/C=C/CC/C=C/C(O)C(CO)NC(=O)CC(O)CCCCCCCC/C=C\CCCCCCCCCCCCCC. The van der Waals surface area contributed by atoms with Gasteiger partial charge in [0.15, 0.2) is 0 Å². The van der Waals surface area contributed by atoms with Crippen LogP contribution in [-0.4, -0.2) is 46.1 Å². The molecule has 0 radical (unpaired) electrons. The largest absolute Gasteiger partial charge is 0.394 e. The number of aliphatic hydroxyl groups excluding tert-OH is 3. The molecule has 4 N–H and O–H groups in total. The molecule has 0 saturated carbocycles. The van der Waals surface area contributed by atoms with Crippen molar-refractivity contribution in [1.82, 2.24) is 5.32 Å². The van der Waals surface area contributed by atoms with E-state index in [0.29, 0.717) is 6.42 Å². The lowest BCUT2D eigenvalue weighted by Crippen LogP contribution is -2.45. The summed E-state index contributed by atoms with van der Waals surface area (Å²) >= 11 is 0. The summed E-state index contributed by atoms with van der Waals surface area (Å²) in [6.07, 6.45) is 52.9. The first kappa shape index (κ1) is 50.6. The van der Waals surface area contributed by atoms with Gasteiger partial charge in [0.1, 0.15) is 0 Å². The van der Waals surface area contributed by atoms with Gasteiger partial charge in [0.2, 0.25) is 5.91 Å². The lowest BCUT2D eigenvalue weighted by molar-refractivity contribution is -0.124. The number of carbonyl (C=O) groups is 1. The summed E-state index contributed by atoms with van der Waals surface area (Å²) in [5.41, 5.74) is 0. The standard InChI is InChI=1S/C47H89NO4/c1-3-5-7-9-11-13-15-17-19-20-21-22-23-24-25-27-28-30-32-34-36-38-40-44(50)42-47(52)48-45(43-49)46(51)41-39-37-35-33-31-29-26-18-16-14-12-10-8-6-4-2/h24-25,31,33,39,41,44-46,49-51H,3-23,26-30,32,34-38,40,42-43H2,1-2H3,(H,48,52)/b25-24-,33-31+,41-39+. The highest BCUT2D eigenvalue weighted by molar-refractivity contribution is 5.76. The number of hydrogen-bond donors (Lipinski definition) is 4. The van der Waals surface area contributed by atoms with Crippen LogP contribution in [0, 0.1) is 0 Å². The molecule has 0 spiro atoms.